The summed E-state index contributed by atoms with van der Waals surface area (Å²) < 4.78 is 25.5. The zero-order chi connectivity index (χ0) is 13.6. The number of aliphatic hydroxyl groups excluding tert-OH is 1. The van der Waals surface area contributed by atoms with Crippen LogP contribution in [-0.2, 0) is 10.0 Å². The molecule has 1 rings (SSSR count). The molecule has 0 amide bonds. The highest BCUT2D eigenvalue weighted by molar-refractivity contribution is 7.92. The zero-order valence-electron chi connectivity index (χ0n) is 10.2. The molecule has 0 spiro atoms. The van der Waals surface area contributed by atoms with E-state index in [4.69, 9.17) is 10.8 Å². The highest BCUT2D eigenvalue weighted by atomic mass is 32.2. The van der Waals surface area contributed by atoms with E-state index in [0.717, 1.165) is 11.0 Å². The molecule has 18 heavy (non-hydrogen) atoms. The van der Waals surface area contributed by atoms with E-state index in [1.54, 1.807) is 12.1 Å². The highest BCUT2D eigenvalue weighted by Gasteiger charge is 2.12. The summed E-state index contributed by atoms with van der Waals surface area (Å²) >= 11 is 0. The normalized spacial score (nSPS) is 15.7. The minimum absolute atomic E-state index is 0.000863. The van der Waals surface area contributed by atoms with E-state index in [9.17, 15) is 8.42 Å². The average Bonchev–Trinajstić information content (AvgIpc) is 2.35. The third-order valence-electron chi connectivity index (χ3n) is 2.38. The maximum atomic E-state index is 11.6. The Bertz CT molecular complexity index is 483. The minimum Gasteiger partial charge on any atom is -0.392 e. The Balaban J connectivity index is 2.58. The highest BCUT2D eigenvalue weighted by Crippen LogP contribution is 2.02. The Hall–Kier alpha value is -1.21. The van der Waals surface area contributed by atoms with Crippen LogP contribution in [0.15, 0.2) is 35.7 Å². The third kappa shape index (κ3) is 5.42. The summed E-state index contributed by atoms with van der Waals surface area (Å²) in [4.78, 5) is 0. The van der Waals surface area contributed by atoms with Gasteiger partial charge in [0.15, 0.2) is 0 Å². The molecule has 0 bridgehead atoms. The Kier molecular flexibility index (Phi) is 5.49. The fourth-order valence-electron chi connectivity index (χ4n) is 1.16. The summed E-state index contributed by atoms with van der Waals surface area (Å²) in [5.41, 5.74) is 6.32. The Morgan fingerprint density at radius 2 is 2.00 bits per heavy atom. The fourth-order valence-corrected chi connectivity index (χ4v) is 2.02. The number of benzene rings is 1. The molecule has 2 unspecified atom stereocenters. The van der Waals surface area contributed by atoms with Crippen molar-refractivity contribution < 1.29 is 13.5 Å². The first-order valence-corrected chi connectivity index (χ1v) is 7.12. The van der Waals surface area contributed by atoms with Crippen molar-refractivity contribution in [3.8, 4) is 0 Å². The minimum atomic E-state index is -3.53. The van der Waals surface area contributed by atoms with Gasteiger partial charge in [0.25, 0.3) is 0 Å². The Labute approximate surface area is 107 Å². The van der Waals surface area contributed by atoms with E-state index >= 15 is 0 Å². The van der Waals surface area contributed by atoms with Crippen molar-refractivity contribution in [3.63, 3.8) is 0 Å². The number of nitrogens with two attached hydrogens (primary N) is 1. The second-order valence-corrected chi connectivity index (χ2v) is 5.66. The second-order valence-electron chi connectivity index (χ2n) is 4.01. The van der Waals surface area contributed by atoms with E-state index in [2.05, 4.69) is 4.72 Å². The van der Waals surface area contributed by atoms with Crippen LogP contribution in [0.25, 0.3) is 6.08 Å². The smallest absolute Gasteiger partial charge is 0.233 e. The lowest BCUT2D eigenvalue weighted by Gasteiger charge is -2.14. The summed E-state index contributed by atoms with van der Waals surface area (Å²) in [5, 5.41) is 10.2. The van der Waals surface area contributed by atoms with Gasteiger partial charge in [0.1, 0.15) is 0 Å². The predicted octanol–water partition coefficient (Wildman–Crippen LogP) is 0.285. The number of aliphatic hydroxyl groups is 1. The maximum absolute atomic E-state index is 11.6. The second kappa shape index (κ2) is 6.65. The molecule has 2 atom stereocenters. The molecule has 0 aliphatic carbocycles. The Morgan fingerprint density at radius 3 is 2.56 bits per heavy atom. The molecule has 100 valence electrons. The summed E-state index contributed by atoms with van der Waals surface area (Å²) in [6.07, 6.45) is 0.738. The van der Waals surface area contributed by atoms with E-state index < -0.39 is 22.2 Å². The first kappa shape index (κ1) is 14.8. The SMILES string of the molecule is CC(O)C(N)CNS(=O)(=O)C=Cc1ccccc1. The van der Waals surface area contributed by atoms with Crippen LogP contribution in [0.5, 0.6) is 0 Å². The van der Waals surface area contributed by atoms with Gasteiger partial charge in [0, 0.05) is 18.0 Å². The molecule has 0 fully saturated rings. The van der Waals surface area contributed by atoms with Crippen molar-refractivity contribution in [2.75, 3.05) is 6.54 Å². The van der Waals surface area contributed by atoms with Crippen LogP contribution in [0.3, 0.4) is 0 Å². The number of sulfonamides is 1. The average molecular weight is 270 g/mol. The topological polar surface area (TPSA) is 92.4 Å². The van der Waals surface area contributed by atoms with Crippen molar-refractivity contribution in [1.29, 1.82) is 0 Å². The Morgan fingerprint density at radius 1 is 1.39 bits per heavy atom. The van der Waals surface area contributed by atoms with Gasteiger partial charge in [-0.05, 0) is 18.6 Å². The molecule has 1 aromatic carbocycles. The molecule has 0 aliphatic heterocycles. The maximum Gasteiger partial charge on any atom is 0.233 e. The lowest BCUT2D eigenvalue weighted by atomic mass is 10.2. The largest absolute Gasteiger partial charge is 0.392 e. The van der Waals surface area contributed by atoms with Gasteiger partial charge in [-0.1, -0.05) is 30.3 Å². The third-order valence-corrected chi connectivity index (χ3v) is 3.44. The molecule has 5 nitrogen and oxygen atoms in total. The van der Waals surface area contributed by atoms with Crippen LogP contribution in [-0.4, -0.2) is 32.2 Å². The summed E-state index contributed by atoms with van der Waals surface area (Å²) in [6.45, 7) is 1.51. The predicted molar refractivity (Wildman–Crippen MR) is 72.1 cm³/mol. The van der Waals surface area contributed by atoms with E-state index in [0.29, 0.717) is 0 Å². The van der Waals surface area contributed by atoms with E-state index in [1.165, 1.54) is 13.0 Å². The number of nitrogens with one attached hydrogen (secondary N) is 1. The van der Waals surface area contributed by atoms with Gasteiger partial charge in [-0.15, -0.1) is 0 Å². The van der Waals surface area contributed by atoms with Crippen molar-refractivity contribution in [3.05, 3.63) is 41.3 Å². The molecule has 0 saturated carbocycles. The first-order valence-electron chi connectivity index (χ1n) is 5.57. The summed E-state index contributed by atoms with van der Waals surface area (Å²) in [7, 11) is -3.53. The lowest BCUT2D eigenvalue weighted by molar-refractivity contribution is 0.165. The van der Waals surface area contributed by atoms with Crippen LogP contribution in [0.4, 0.5) is 0 Å². The summed E-state index contributed by atoms with van der Waals surface area (Å²) in [6, 6.07) is 8.48. The van der Waals surface area contributed by atoms with Gasteiger partial charge in [0.05, 0.1) is 6.10 Å². The molecule has 0 aromatic heterocycles. The van der Waals surface area contributed by atoms with Crippen LogP contribution in [0, 0.1) is 0 Å². The van der Waals surface area contributed by atoms with Crippen LogP contribution < -0.4 is 10.5 Å². The van der Waals surface area contributed by atoms with Gasteiger partial charge in [0.2, 0.25) is 10.0 Å². The molecule has 1 aromatic rings. The lowest BCUT2D eigenvalue weighted by Crippen LogP contribution is -2.43. The van der Waals surface area contributed by atoms with Gasteiger partial charge in [-0.25, -0.2) is 13.1 Å². The fraction of sp³-hybridized carbons (Fsp3) is 0.333. The molecule has 6 heteroatoms. The van der Waals surface area contributed by atoms with E-state index in [1.807, 2.05) is 18.2 Å². The summed E-state index contributed by atoms with van der Waals surface area (Å²) in [5.74, 6) is 0. The first-order chi connectivity index (χ1) is 8.41. The van der Waals surface area contributed by atoms with Crippen LogP contribution >= 0.6 is 0 Å². The van der Waals surface area contributed by atoms with Crippen molar-refractivity contribution in [2.24, 2.45) is 5.73 Å². The molecular weight excluding hydrogens is 252 g/mol. The number of rotatable bonds is 6. The van der Waals surface area contributed by atoms with Crippen LogP contribution in [0.2, 0.25) is 0 Å². The molecular formula is C12H18N2O3S. The molecule has 0 heterocycles. The zero-order valence-corrected chi connectivity index (χ0v) is 11.0. The number of hydrogen-bond donors (Lipinski definition) is 3. The standard InChI is InChI=1S/C12H18N2O3S/c1-10(15)12(13)9-14-18(16,17)8-7-11-5-3-2-4-6-11/h2-8,10,12,14-15H,9,13H2,1H3. The molecule has 0 saturated heterocycles. The van der Waals surface area contributed by atoms with Crippen molar-refractivity contribution >= 4 is 16.1 Å². The monoisotopic (exact) mass is 270 g/mol. The van der Waals surface area contributed by atoms with E-state index in [-0.39, 0.29) is 6.54 Å². The molecule has 4 N–H and O–H groups in total. The van der Waals surface area contributed by atoms with Crippen molar-refractivity contribution in [1.82, 2.24) is 4.72 Å². The number of hydrogen-bond acceptors (Lipinski definition) is 4. The van der Waals surface area contributed by atoms with Gasteiger partial charge in [-0.2, -0.15) is 0 Å². The van der Waals surface area contributed by atoms with Gasteiger partial charge < -0.3 is 10.8 Å². The van der Waals surface area contributed by atoms with Crippen LogP contribution in [0.1, 0.15) is 12.5 Å². The van der Waals surface area contributed by atoms with Crippen molar-refractivity contribution in [2.45, 2.75) is 19.1 Å². The van der Waals surface area contributed by atoms with Gasteiger partial charge in [-0.3, -0.25) is 0 Å². The molecule has 0 radical (unpaired) electrons. The quantitative estimate of drug-likeness (QED) is 0.692. The van der Waals surface area contributed by atoms with Gasteiger partial charge >= 0.3 is 0 Å². The molecule has 0 aliphatic rings.